The Morgan fingerprint density at radius 2 is 1.80 bits per heavy atom. The zero-order valence-electron chi connectivity index (χ0n) is 16.7. The first-order valence-corrected chi connectivity index (χ1v) is 11.2. The molecule has 4 rings (SSSR count). The molecule has 156 valence electrons. The van der Waals surface area contributed by atoms with E-state index in [-0.39, 0.29) is 11.8 Å². The maximum Gasteiger partial charge on any atom is 0.256 e. The zero-order chi connectivity index (χ0) is 21.1. The van der Waals surface area contributed by atoms with Gasteiger partial charge in [-0.15, -0.1) is 0 Å². The van der Waals surface area contributed by atoms with E-state index in [1.165, 1.54) is 43.9 Å². The van der Waals surface area contributed by atoms with Crippen molar-refractivity contribution in [3.8, 4) is 0 Å². The number of carbonyl (C=O) groups is 3. The van der Waals surface area contributed by atoms with Gasteiger partial charge < -0.3 is 16.4 Å². The van der Waals surface area contributed by atoms with E-state index < -0.39 is 5.91 Å². The van der Waals surface area contributed by atoms with Crippen LogP contribution >= 0.6 is 11.8 Å². The molecule has 0 unspecified atom stereocenters. The van der Waals surface area contributed by atoms with Crippen molar-refractivity contribution >= 4 is 35.2 Å². The largest absolute Gasteiger partial charge is 0.366 e. The first-order valence-electron chi connectivity index (χ1n) is 10.4. The molecule has 1 aliphatic heterocycles. The highest BCUT2D eigenvalue weighted by Gasteiger charge is 2.22. The molecule has 1 heterocycles. The second-order valence-corrected chi connectivity index (χ2v) is 8.97. The molecule has 3 amide bonds. The minimum atomic E-state index is -0.538. The van der Waals surface area contributed by atoms with Crippen LogP contribution in [0.1, 0.15) is 69.6 Å². The number of nitrogens with one attached hydrogen (secondary N) is 2. The Morgan fingerprint density at radius 3 is 2.57 bits per heavy atom. The predicted octanol–water partition coefficient (Wildman–Crippen LogP) is 4.20. The fraction of sp³-hybridized carbons (Fsp3) is 0.348. The molecule has 0 spiro atoms. The molecule has 6 nitrogen and oxygen atoms in total. The minimum Gasteiger partial charge on any atom is -0.366 e. The van der Waals surface area contributed by atoms with Crippen LogP contribution in [0.4, 0.5) is 5.69 Å². The Kier molecular flexibility index (Phi) is 6.08. The van der Waals surface area contributed by atoms with Gasteiger partial charge in [-0.3, -0.25) is 14.4 Å². The predicted molar refractivity (Wildman–Crippen MR) is 117 cm³/mol. The molecule has 0 atom stereocenters. The monoisotopic (exact) mass is 423 g/mol. The fourth-order valence-corrected chi connectivity index (χ4v) is 5.13. The van der Waals surface area contributed by atoms with Gasteiger partial charge in [0.1, 0.15) is 0 Å². The van der Waals surface area contributed by atoms with Gasteiger partial charge in [0, 0.05) is 27.5 Å². The Bertz CT molecular complexity index is 999. The van der Waals surface area contributed by atoms with E-state index in [4.69, 9.17) is 5.73 Å². The summed E-state index contributed by atoms with van der Waals surface area (Å²) in [6.07, 6.45) is 7.45. The standard InChI is InChI=1S/C23H25N3O3S/c24-21(27)15-6-8-17-20(13-15)30-19-9-7-16(12-18(19)26-23(17)29)22(28)25-11-10-14-4-2-1-3-5-14/h6-9,12-14H,1-5,10-11H2,(H2,24,27)(H,25,28)(H,26,29). The number of fused-ring (bicyclic) bond motifs is 2. The van der Waals surface area contributed by atoms with Crippen molar-refractivity contribution in [1.82, 2.24) is 5.32 Å². The molecule has 0 aromatic heterocycles. The molecule has 2 aliphatic rings. The lowest BCUT2D eigenvalue weighted by Gasteiger charge is -2.21. The number of primary amides is 1. The van der Waals surface area contributed by atoms with E-state index >= 15 is 0 Å². The van der Waals surface area contributed by atoms with Gasteiger partial charge in [-0.25, -0.2) is 0 Å². The maximum atomic E-state index is 12.6. The molecule has 2 aromatic carbocycles. The van der Waals surface area contributed by atoms with Crippen molar-refractivity contribution in [3.05, 3.63) is 53.1 Å². The first kappa shape index (κ1) is 20.5. The highest BCUT2D eigenvalue weighted by molar-refractivity contribution is 7.99. The van der Waals surface area contributed by atoms with E-state index in [0.29, 0.717) is 39.7 Å². The Balaban J connectivity index is 1.46. The number of carbonyl (C=O) groups excluding carboxylic acids is 3. The number of hydrogen-bond donors (Lipinski definition) is 3. The normalized spacial score (nSPS) is 16.1. The van der Waals surface area contributed by atoms with Gasteiger partial charge in [0.25, 0.3) is 11.8 Å². The fourth-order valence-electron chi connectivity index (χ4n) is 4.08. The van der Waals surface area contributed by atoms with Crippen LogP contribution < -0.4 is 16.4 Å². The molecule has 0 bridgehead atoms. The van der Waals surface area contributed by atoms with Crippen molar-refractivity contribution in [2.45, 2.75) is 48.3 Å². The maximum absolute atomic E-state index is 12.6. The molecular weight excluding hydrogens is 398 g/mol. The van der Waals surface area contributed by atoms with Crippen LogP contribution in [0, 0.1) is 5.92 Å². The van der Waals surface area contributed by atoms with E-state index in [0.717, 1.165) is 11.3 Å². The molecule has 0 radical (unpaired) electrons. The molecule has 1 saturated carbocycles. The van der Waals surface area contributed by atoms with Crippen molar-refractivity contribution in [2.24, 2.45) is 11.7 Å². The van der Waals surface area contributed by atoms with Gasteiger partial charge in [-0.1, -0.05) is 43.9 Å². The minimum absolute atomic E-state index is 0.134. The third kappa shape index (κ3) is 4.51. The van der Waals surface area contributed by atoms with Crippen LogP contribution in [-0.4, -0.2) is 24.3 Å². The van der Waals surface area contributed by atoms with Crippen molar-refractivity contribution in [3.63, 3.8) is 0 Å². The van der Waals surface area contributed by atoms with Gasteiger partial charge >= 0.3 is 0 Å². The van der Waals surface area contributed by atoms with Crippen LogP contribution in [0.15, 0.2) is 46.2 Å². The number of rotatable bonds is 5. The van der Waals surface area contributed by atoms with Crippen molar-refractivity contribution in [2.75, 3.05) is 11.9 Å². The van der Waals surface area contributed by atoms with Gasteiger partial charge in [0.15, 0.2) is 0 Å². The van der Waals surface area contributed by atoms with Crippen LogP contribution in [-0.2, 0) is 0 Å². The molecule has 1 aliphatic carbocycles. The van der Waals surface area contributed by atoms with Crippen LogP contribution in [0.3, 0.4) is 0 Å². The van der Waals surface area contributed by atoms with Crippen molar-refractivity contribution in [1.29, 1.82) is 0 Å². The van der Waals surface area contributed by atoms with Crippen LogP contribution in [0.25, 0.3) is 0 Å². The molecule has 7 heteroatoms. The lowest BCUT2D eigenvalue weighted by molar-refractivity contribution is 0.0948. The summed E-state index contributed by atoms with van der Waals surface area (Å²) >= 11 is 1.37. The summed E-state index contributed by atoms with van der Waals surface area (Å²) in [6.45, 7) is 0.670. The third-order valence-electron chi connectivity index (χ3n) is 5.78. The number of nitrogens with two attached hydrogens (primary N) is 1. The molecular formula is C23H25N3O3S. The lowest BCUT2D eigenvalue weighted by Crippen LogP contribution is -2.26. The molecule has 1 fully saturated rings. The summed E-state index contributed by atoms with van der Waals surface area (Å²) in [4.78, 5) is 38.2. The summed E-state index contributed by atoms with van der Waals surface area (Å²) in [7, 11) is 0. The summed E-state index contributed by atoms with van der Waals surface area (Å²) in [5.41, 5.74) is 7.29. The summed E-state index contributed by atoms with van der Waals surface area (Å²) < 4.78 is 0. The number of benzene rings is 2. The van der Waals surface area contributed by atoms with E-state index in [9.17, 15) is 14.4 Å². The Hall–Kier alpha value is -2.80. The smallest absolute Gasteiger partial charge is 0.256 e. The molecule has 30 heavy (non-hydrogen) atoms. The van der Waals surface area contributed by atoms with Crippen LogP contribution in [0.5, 0.6) is 0 Å². The summed E-state index contributed by atoms with van der Waals surface area (Å²) in [5.74, 6) is -0.234. The Morgan fingerprint density at radius 1 is 1.03 bits per heavy atom. The summed E-state index contributed by atoms with van der Waals surface area (Å²) in [6, 6.07) is 10.1. The van der Waals surface area contributed by atoms with Gasteiger partial charge in [0.2, 0.25) is 5.91 Å². The van der Waals surface area contributed by atoms with Crippen molar-refractivity contribution < 1.29 is 14.4 Å². The SMILES string of the molecule is NC(=O)c1ccc2c(c1)Sc1ccc(C(=O)NCCC3CCCCC3)cc1NC2=O. The summed E-state index contributed by atoms with van der Waals surface area (Å²) in [5, 5.41) is 5.88. The first-order chi connectivity index (χ1) is 14.5. The van der Waals surface area contributed by atoms with Gasteiger partial charge in [-0.05, 0) is 48.7 Å². The second-order valence-electron chi connectivity index (χ2n) is 7.89. The zero-order valence-corrected chi connectivity index (χ0v) is 17.5. The van der Waals surface area contributed by atoms with Gasteiger partial charge in [-0.2, -0.15) is 0 Å². The Labute approximate surface area is 180 Å². The third-order valence-corrected chi connectivity index (χ3v) is 6.92. The second kappa shape index (κ2) is 8.92. The highest BCUT2D eigenvalue weighted by atomic mass is 32.2. The van der Waals surface area contributed by atoms with E-state index in [1.807, 2.05) is 6.07 Å². The quantitative estimate of drug-likeness (QED) is 0.671. The number of amides is 3. The lowest BCUT2D eigenvalue weighted by atomic mass is 9.87. The molecule has 0 saturated heterocycles. The molecule has 4 N–H and O–H groups in total. The van der Waals surface area contributed by atoms with Crippen LogP contribution in [0.2, 0.25) is 0 Å². The number of anilines is 1. The van der Waals surface area contributed by atoms with E-state index in [2.05, 4.69) is 10.6 Å². The van der Waals surface area contributed by atoms with E-state index in [1.54, 1.807) is 30.3 Å². The number of hydrogen-bond acceptors (Lipinski definition) is 4. The highest BCUT2D eigenvalue weighted by Crippen LogP contribution is 2.39. The molecule has 2 aromatic rings. The average Bonchev–Trinajstić information content (AvgIpc) is 2.89. The van der Waals surface area contributed by atoms with Gasteiger partial charge in [0.05, 0.1) is 11.3 Å². The average molecular weight is 424 g/mol. The topological polar surface area (TPSA) is 101 Å².